The summed E-state index contributed by atoms with van der Waals surface area (Å²) in [7, 11) is 0. The highest BCUT2D eigenvalue weighted by molar-refractivity contribution is 7.10. The van der Waals surface area contributed by atoms with Gasteiger partial charge >= 0.3 is 0 Å². The first-order valence-electron chi connectivity index (χ1n) is 10.2. The first-order chi connectivity index (χ1) is 13.7. The zero-order valence-electron chi connectivity index (χ0n) is 15.9. The summed E-state index contributed by atoms with van der Waals surface area (Å²) in [5.41, 5.74) is 0.522. The number of aromatic nitrogens is 3. The van der Waals surface area contributed by atoms with E-state index in [2.05, 4.69) is 21.8 Å². The van der Waals surface area contributed by atoms with E-state index in [-0.39, 0.29) is 23.3 Å². The number of hydrogen-bond acceptors (Lipinski definition) is 5. The molecule has 8 heteroatoms. The van der Waals surface area contributed by atoms with Crippen LogP contribution in [0.25, 0.3) is 0 Å². The number of carbonyl (C=O) groups is 2. The molecular formula is C20H25N5O2S. The Balaban J connectivity index is 1.23. The lowest BCUT2D eigenvalue weighted by Crippen LogP contribution is -2.56. The number of thiophene rings is 1. The van der Waals surface area contributed by atoms with E-state index in [4.69, 9.17) is 0 Å². The van der Waals surface area contributed by atoms with Gasteiger partial charge in [0.15, 0.2) is 0 Å². The molecule has 0 aromatic carbocycles. The monoisotopic (exact) mass is 399 g/mol. The van der Waals surface area contributed by atoms with Crippen molar-refractivity contribution in [3.63, 3.8) is 0 Å². The molecule has 0 radical (unpaired) electrons. The molecule has 2 aliphatic heterocycles. The Morgan fingerprint density at radius 2 is 2.07 bits per heavy atom. The minimum absolute atomic E-state index is 0.182. The van der Waals surface area contributed by atoms with Gasteiger partial charge in [0.05, 0.1) is 24.2 Å². The summed E-state index contributed by atoms with van der Waals surface area (Å²) in [5, 5.41) is 10.6. The topological polar surface area (TPSA) is 71.3 Å². The smallest absolute Gasteiger partial charge is 0.234 e. The van der Waals surface area contributed by atoms with Crippen LogP contribution in [0.5, 0.6) is 0 Å². The molecule has 28 heavy (non-hydrogen) atoms. The Morgan fingerprint density at radius 1 is 1.25 bits per heavy atom. The minimum Gasteiger partial charge on any atom is -0.337 e. The highest BCUT2D eigenvalue weighted by Gasteiger charge is 2.48. The predicted molar refractivity (Wildman–Crippen MR) is 105 cm³/mol. The van der Waals surface area contributed by atoms with Crippen LogP contribution in [0.3, 0.4) is 0 Å². The van der Waals surface area contributed by atoms with Gasteiger partial charge in [0.1, 0.15) is 5.69 Å². The first-order valence-corrected chi connectivity index (χ1v) is 11.1. The number of amides is 2. The van der Waals surface area contributed by atoms with Gasteiger partial charge in [-0.3, -0.25) is 9.59 Å². The third-order valence-corrected chi connectivity index (χ3v) is 7.54. The third kappa shape index (κ3) is 2.94. The lowest BCUT2D eigenvalue weighted by molar-refractivity contribution is -0.143. The molecule has 1 saturated carbocycles. The highest BCUT2D eigenvalue weighted by Crippen LogP contribution is 2.45. The lowest BCUT2D eigenvalue weighted by atomic mass is 9.81. The predicted octanol–water partition coefficient (Wildman–Crippen LogP) is 2.36. The molecule has 0 bridgehead atoms. The Bertz CT molecular complexity index is 865. The molecule has 0 atom stereocenters. The molecule has 2 saturated heterocycles. The number of nitrogens with zero attached hydrogens (tertiary/aromatic N) is 5. The summed E-state index contributed by atoms with van der Waals surface area (Å²) in [6.07, 6.45) is 7.68. The van der Waals surface area contributed by atoms with Crippen molar-refractivity contribution >= 4 is 23.2 Å². The molecule has 148 valence electrons. The van der Waals surface area contributed by atoms with Crippen molar-refractivity contribution in [2.24, 2.45) is 0 Å². The van der Waals surface area contributed by atoms with E-state index in [1.54, 1.807) is 11.3 Å². The quantitative estimate of drug-likeness (QED) is 0.774. The summed E-state index contributed by atoms with van der Waals surface area (Å²) in [4.78, 5) is 30.2. The van der Waals surface area contributed by atoms with Crippen LogP contribution in [-0.2, 0) is 21.5 Å². The fraction of sp³-hybridized carbons (Fsp3) is 0.600. The van der Waals surface area contributed by atoms with Gasteiger partial charge in [0.2, 0.25) is 11.8 Å². The van der Waals surface area contributed by atoms with Crippen LogP contribution in [-0.4, -0.2) is 56.2 Å². The van der Waals surface area contributed by atoms with Crippen LogP contribution in [0.4, 0.5) is 0 Å². The van der Waals surface area contributed by atoms with Gasteiger partial charge < -0.3 is 9.80 Å². The van der Waals surface area contributed by atoms with E-state index in [0.717, 1.165) is 44.3 Å². The zero-order chi connectivity index (χ0) is 19.1. The molecule has 2 aromatic heterocycles. The summed E-state index contributed by atoms with van der Waals surface area (Å²) < 4.78 is 1.87. The third-order valence-electron chi connectivity index (χ3n) is 6.46. The number of rotatable bonds is 5. The van der Waals surface area contributed by atoms with E-state index in [0.29, 0.717) is 26.1 Å². The molecule has 2 amide bonds. The Kier molecular flexibility index (Phi) is 4.45. The van der Waals surface area contributed by atoms with Crippen molar-refractivity contribution in [2.75, 3.05) is 19.6 Å². The van der Waals surface area contributed by atoms with Crippen LogP contribution in [0, 0.1) is 0 Å². The molecule has 3 fully saturated rings. The van der Waals surface area contributed by atoms with Gasteiger partial charge in [-0.2, -0.15) is 0 Å². The average Bonchev–Trinajstić information content (AvgIpc) is 3.43. The van der Waals surface area contributed by atoms with E-state index in [9.17, 15) is 9.59 Å². The van der Waals surface area contributed by atoms with Crippen LogP contribution >= 0.6 is 11.3 Å². The summed E-state index contributed by atoms with van der Waals surface area (Å²) in [6.45, 7) is 2.73. The first kappa shape index (κ1) is 17.8. The summed E-state index contributed by atoms with van der Waals surface area (Å²) in [6, 6.07) is 4.35. The molecule has 4 heterocycles. The van der Waals surface area contributed by atoms with E-state index in [1.165, 1.54) is 4.88 Å². The normalized spacial score (nSPS) is 22.1. The largest absolute Gasteiger partial charge is 0.337 e. The van der Waals surface area contributed by atoms with Crippen molar-refractivity contribution < 1.29 is 9.59 Å². The van der Waals surface area contributed by atoms with Crippen molar-refractivity contribution in [3.05, 3.63) is 34.3 Å². The van der Waals surface area contributed by atoms with Gasteiger partial charge in [0, 0.05) is 30.9 Å². The zero-order valence-corrected chi connectivity index (χ0v) is 16.7. The average molecular weight is 400 g/mol. The summed E-state index contributed by atoms with van der Waals surface area (Å²) >= 11 is 1.71. The molecule has 0 spiro atoms. The van der Waals surface area contributed by atoms with Crippen LogP contribution in [0.1, 0.15) is 55.1 Å². The van der Waals surface area contributed by atoms with Crippen molar-refractivity contribution in [1.29, 1.82) is 0 Å². The summed E-state index contributed by atoms with van der Waals surface area (Å²) in [5.74, 6) is 0.483. The Morgan fingerprint density at radius 3 is 2.75 bits per heavy atom. The lowest BCUT2D eigenvalue weighted by Gasteiger charge is -2.43. The molecule has 1 aliphatic carbocycles. The highest BCUT2D eigenvalue weighted by atomic mass is 32.1. The number of likely N-dealkylation sites (tertiary alicyclic amines) is 2. The second kappa shape index (κ2) is 6.99. The fourth-order valence-corrected chi connectivity index (χ4v) is 5.80. The Labute approximate surface area is 168 Å². The van der Waals surface area contributed by atoms with Crippen LogP contribution in [0.2, 0.25) is 0 Å². The van der Waals surface area contributed by atoms with Crippen LogP contribution in [0.15, 0.2) is 23.7 Å². The van der Waals surface area contributed by atoms with E-state index in [1.807, 2.05) is 26.7 Å². The Hall–Kier alpha value is -2.22. The van der Waals surface area contributed by atoms with Gasteiger partial charge in [0.25, 0.3) is 0 Å². The fourth-order valence-electron chi connectivity index (χ4n) is 4.82. The molecule has 7 nitrogen and oxygen atoms in total. The van der Waals surface area contributed by atoms with Gasteiger partial charge in [-0.25, -0.2) is 4.68 Å². The standard InChI is InChI=1S/C20H25N5O2S/c26-18-6-3-9-23(18)11-15-12-25(22-21-15)16-13-24(14-16)19(27)20(7-1-2-8-20)17-5-4-10-28-17/h4-5,10,12,16H,1-3,6-9,11,13-14H2. The van der Waals surface area contributed by atoms with E-state index < -0.39 is 0 Å². The van der Waals surface area contributed by atoms with Crippen LogP contribution < -0.4 is 0 Å². The maximum atomic E-state index is 13.3. The molecule has 0 unspecified atom stereocenters. The minimum atomic E-state index is -0.303. The SMILES string of the molecule is O=C1CCCN1Cc1cn(C2CN(C(=O)C3(c4cccs4)CCCC3)C2)nn1. The number of hydrogen-bond donors (Lipinski definition) is 0. The van der Waals surface area contributed by atoms with Gasteiger partial charge in [-0.05, 0) is 30.7 Å². The van der Waals surface area contributed by atoms with Crippen molar-refractivity contribution in [1.82, 2.24) is 24.8 Å². The van der Waals surface area contributed by atoms with Crippen molar-refractivity contribution in [3.8, 4) is 0 Å². The van der Waals surface area contributed by atoms with Gasteiger partial charge in [-0.1, -0.05) is 24.1 Å². The molecule has 0 N–H and O–H groups in total. The second-order valence-electron chi connectivity index (χ2n) is 8.24. The number of carbonyl (C=O) groups excluding carboxylic acids is 2. The molecule has 5 rings (SSSR count). The molecule has 3 aliphatic rings. The molecule has 2 aromatic rings. The van der Waals surface area contributed by atoms with Crippen molar-refractivity contribution in [2.45, 2.75) is 56.5 Å². The second-order valence-corrected chi connectivity index (χ2v) is 9.19. The maximum Gasteiger partial charge on any atom is 0.234 e. The maximum absolute atomic E-state index is 13.3. The molecular weight excluding hydrogens is 374 g/mol. The van der Waals surface area contributed by atoms with E-state index >= 15 is 0 Å². The van der Waals surface area contributed by atoms with Gasteiger partial charge in [-0.15, -0.1) is 16.4 Å².